The molecule has 1 fully saturated rings. The Kier molecular flexibility index (Phi) is 4.38. The van der Waals surface area contributed by atoms with Crippen LogP contribution in [0.3, 0.4) is 0 Å². The van der Waals surface area contributed by atoms with Crippen molar-refractivity contribution in [3.05, 3.63) is 47.9 Å². The Morgan fingerprint density at radius 1 is 1.22 bits per heavy atom. The van der Waals surface area contributed by atoms with Gasteiger partial charge in [-0.1, -0.05) is 18.2 Å². The monoisotopic (exact) mass is 386 g/mol. The minimum Gasteiger partial charge on any atom is -0.354 e. The fourth-order valence-corrected chi connectivity index (χ4v) is 5.65. The number of para-hydroxylation sites is 1. The number of rotatable bonds is 3. The molecular weight excluding hydrogens is 364 g/mol. The van der Waals surface area contributed by atoms with E-state index in [0.29, 0.717) is 12.2 Å². The number of carbonyl (C=O) groups is 1. The number of anilines is 2. The molecule has 0 N–H and O–H groups in total. The minimum atomic E-state index is -2.97. The first-order valence-electron chi connectivity index (χ1n) is 9.02. The molecule has 1 aromatic carbocycles. The number of hydrogen-bond donors (Lipinski definition) is 0. The molecule has 2 aliphatic heterocycles. The molecule has 1 aromatic heterocycles. The molecule has 0 aliphatic carbocycles. The van der Waals surface area contributed by atoms with Gasteiger partial charge in [0.1, 0.15) is 11.5 Å². The van der Waals surface area contributed by atoms with Crippen LogP contribution in [0.15, 0.2) is 36.7 Å². The molecule has 3 heterocycles. The summed E-state index contributed by atoms with van der Waals surface area (Å²) in [7, 11) is -1.15. The summed E-state index contributed by atoms with van der Waals surface area (Å²) in [4.78, 5) is 25.3. The number of fused-ring (bicyclic) bond motifs is 1. The van der Waals surface area contributed by atoms with Gasteiger partial charge in [-0.2, -0.15) is 0 Å². The molecule has 2 atom stereocenters. The first-order valence-corrected chi connectivity index (χ1v) is 10.8. The summed E-state index contributed by atoms with van der Waals surface area (Å²) < 4.78 is 23.4. The molecule has 4 rings (SSSR count). The van der Waals surface area contributed by atoms with Gasteiger partial charge >= 0.3 is 0 Å². The molecule has 27 heavy (non-hydrogen) atoms. The molecule has 2 aromatic rings. The van der Waals surface area contributed by atoms with Gasteiger partial charge in [0, 0.05) is 24.8 Å². The lowest BCUT2D eigenvalue weighted by Crippen LogP contribution is -2.36. The van der Waals surface area contributed by atoms with Gasteiger partial charge in [0.25, 0.3) is 5.91 Å². The molecular formula is C19H22N4O3S. The molecule has 0 radical (unpaired) electrons. The lowest BCUT2D eigenvalue weighted by atomic mass is 10.1. The molecule has 1 amide bonds. The third kappa shape index (κ3) is 3.29. The Balaban J connectivity index is 1.53. The van der Waals surface area contributed by atoms with Crippen molar-refractivity contribution in [1.29, 1.82) is 0 Å². The molecule has 7 nitrogen and oxygen atoms in total. The summed E-state index contributed by atoms with van der Waals surface area (Å²) in [5, 5.41) is 0. The average Bonchev–Trinajstić information content (AvgIpc) is 3.19. The van der Waals surface area contributed by atoms with Crippen LogP contribution in [-0.4, -0.2) is 54.9 Å². The van der Waals surface area contributed by atoms with Crippen LogP contribution < -0.4 is 9.80 Å². The van der Waals surface area contributed by atoms with Crippen molar-refractivity contribution in [3.63, 3.8) is 0 Å². The van der Waals surface area contributed by atoms with Gasteiger partial charge in [0.2, 0.25) is 0 Å². The molecule has 2 aliphatic rings. The van der Waals surface area contributed by atoms with Crippen LogP contribution in [-0.2, 0) is 16.3 Å². The molecule has 1 saturated heterocycles. The predicted octanol–water partition coefficient (Wildman–Crippen LogP) is 1.69. The Labute approximate surface area is 159 Å². The van der Waals surface area contributed by atoms with Gasteiger partial charge in [-0.25, -0.2) is 18.4 Å². The van der Waals surface area contributed by atoms with Crippen LogP contribution in [0.5, 0.6) is 0 Å². The predicted molar refractivity (Wildman–Crippen MR) is 104 cm³/mol. The van der Waals surface area contributed by atoms with E-state index in [0.717, 1.165) is 17.7 Å². The van der Waals surface area contributed by atoms with E-state index >= 15 is 0 Å². The van der Waals surface area contributed by atoms with E-state index in [9.17, 15) is 13.2 Å². The van der Waals surface area contributed by atoms with Crippen molar-refractivity contribution in [2.45, 2.75) is 31.8 Å². The van der Waals surface area contributed by atoms with E-state index in [2.05, 4.69) is 9.97 Å². The van der Waals surface area contributed by atoms with Crippen molar-refractivity contribution in [2.24, 2.45) is 0 Å². The van der Waals surface area contributed by atoms with Crippen molar-refractivity contribution in [3.8, 4) is 0 Å². The summed E-state index contributed by atoms with van der Waals surface area (Å²) in [5.74, 6) is 0.743. The summed E-state index contributed by atoms with van der Waals surface area (Å²) in [6.45, 7) is 2.02. The number of amides is 1. The van der Waals surface area contributed by atoms with Crippen molar-refractivity contribution in [1.82, 2.24) is 9.97 Å². The quantitative estimate of drug-likeness (QED) is 0.798. The second kappa shape index (κ2) is 6.60. The Morgan fingerprint density at radius 2 is 2.00 bits per heavy atom. The van der Waals surface area contributed by atoms with Gasteiger partial charge in [-0.3, -0.25) is 4.79 Å². The number of hydrogen-bond acceptors (Lipinski definition) is 6. The van der Waals surface area contributed by atoms with Crippen LogP contribution in [0.4, 0.5) is 11.5 Å². The Hall–Kier alpha value is -2.48. The zero-order chi connectivity index (χ0) is 19.2. The van der Waals surface area contributed by atoms with E-state index in [-0.39, 0.29) is 35.2 Å². The topological polar surface area (TPSA) is 83.5 Å². The highest BCUT2D eigenvalue weighted by Crippen LogP contribution is 2.32. The SMILES string of the molecule is CC1Cc2ccccc2N1C(=O)c1cnc(N(C)C2CCS(=O)(=O)C2)cn1. The van der Waals surface area contributed by atoms with Crippen molar-refractivity contribution in [2.75, 3.05) is 28.4 Å². The van der Waals surface area contributed by atoms with E-state index in [1.165, 1.54) is 6.20 Å². The van der Waals surface area contributed by atoms with Crippen LogP contribution in [0, 0.1) is 0 Å². The smallest absolute Gasteiger partial charge is 0.278 e. The zero-order valence-electron chi connectivity index (χ0n) is 15.4. The van der Waals surface area contributed by atoms with Crippen LogP contribution >= 0.6 is 0 Å². The highest BCUT2D eigenvalue weighted by Gasteiger charge is 2.33. The number of nitrogens with zero attached hydrogens (tertiary/aromatic N) is 4. The van der Waals surface area contributed by atoms with Crippen molar-refractivity contribution >= 4 is 27.2 Å². The first-order chi connectivity index (χ1) is 12.9. The third-order valence-corrected chi connectivity index (χ3v) is 7.15. The standard InChI is InChI=1S/C19H22N4O3S/c1-13-9-14-5-3-4-6-17(14)23(13)19(24)16-10-21-18(11-20-16)22(2)15-7-8-27(25,26)12-15/h3-6,10-11,13,15H,7-9,12H2,1-2H3. The molecule has 2 unspecified atom stereocenters. The Morgan fingerprint density at radius 3 is 2.67 bits per heavy atom. The fourth-order valence-electron chi connectivity index (χ4n) is 3.88. The highest BCUT2D eigenvalue weighted by molar-refractivity contribution is 7.91. The molecule has 142 valence electrons. The zero-order valence-corrected chi connectivity index (χ0v) is 16.2. The summed E-state index contributed by atoms with van der Waals surface area (Å²) >= 11 is 0. The van der Waals surface area contributed by atoms with E-state index in [4.69, 9.17) is 0 Å². The summed E-state index contributed by atoms with van der Waals surface area (Å²) in [6, 6.07) is 7.87. The van der Waals surface area contributed by atoms with Gasteiger partial charge in [0.05, 0.1) is 23.9 Å². The minimum absolute atomic E-state index is 0.0720. The normalized spacial score (nSPS) is 23.3. The Bertz CT molecular complexity index is 975. The molecule has 0 spiro atoms. The second-order valence-electron chi connectivity index (χ2n) is 7.28. The number of benzene rings is 1. The van der Waals surface area contributed by atoms with Gasteiger partial charge in [-0.05, 0) is 31.4 Å². The highest BCUT2D eigenvalue weighted by atomic mass is 32.2. The number of carbonyl (C=O) groups excluding carboxylic acids is 1. The fraction of sp³-hybridized carbons (Fsp3) is 0.421. The van der Waals surface area contributed by atoms with Crippen LogP contribution in [0.1, 0.15) is 29.4 Å². The van der Waals surface area contributed by atoms with Crippen LogP contribution in [0.2, 0.25) is 0 Å². The van der Waals surface area contributed by atoms with Gasteiger partial charge in [0.15, 0.2) is 9.84 Å². The van der Waals surface area contributed by atoms with E-state index < -0.39 is 9.84 Å². The first kappa shape index (κ1) is 17.9. The molecule has 8 heteroatoms. The van der Waals surface area contributed by atoms with Gasteiger partial charge < -0.3 is 9.80 Å². The summed E-state index contributed by atoms with van der Waals surface area (Å²) in [6.07, 6.45) is 4.44. The average molecular weight is 386 g/mol. The van der Waals surface area contributed by atoms with Crippen LogP contribution in [0.25, 0.3) is 0 Å². The van der Waals surface area contributed by atoms with Gasteiger partial charge in [-0.15, -0.1) is 0 Å². The maximum atomic E-state index is 13.0. The van der Waals surface area contributed by atoms with Crippen molar-refractivity contribution < 1.29 is 13.2 Å². The lowest BCUT2D eigenvalue weighted by molar-refractivity contribution is 0.0976. The number of aromatic nitrogens is 2. The third-order valence-electron chi connectivity index (χ3n) is 5.40. The summed E-state index contributed by atoms with van der Waals surface area (Å²) in [5.41, 5.74) is 2.37. The molecule has 0 bridgehead atoms. The molecule has 0 saturated carbocycles. The second-order valence-corrected chi connectivity index (χ2v) is 9.51. The van der Waals surface area contributed by atoms with E-state index in [1.54, 1.807) is 11.1 Å². The largest absolute Gasteiger partial charge is 0.354 e. The number of sulfone groups is 1. The maximum Gasteiger partial charge on any atom is 0.278 e. The van der Waals surface area contributed by atoms with E-state index in [1.807, 2.05) is 43.1 Å². The maximum absolute atomic E-state index is 13.0. The lowest BCUT2D eigenvalue weighted by Gasteiger charge is -2.25.